The van der Waals surface area contributed by atoms with Crippen molar-refractivity contribution in [3.05, 3.63) is 28.2 Å². The predicted molar refractivity (Wildman–Crippen MR) is 72.4 cm³/mol. The first-order valence-corrected chi connectivity index (χ1v) is 6.71. The minimum atomic E-state index is -0.448. The number of anilines is 1. The average molecular weight is 300 g/mol. The van der Waals surface area contributed by atoms with E-state index in [-0.39, 0.29) is 6.10 Å². The molecule has 94 valence electrons. The van der Waals surface area contributed by atoms with E-state index in [1.165, 1.54) is 0 Å². The Hall–Kier alpha value is -0.580. The molecule has 0 bridgehead atoms. The largest absolute Gasteiger partial charge is 0.389 e. The molecule has 1 fully saturated rings. The van der Waals surface area contributed by atoms with Gasteiger partial charge in [0.1, 0.15) is 0 Å². The molecule has 0 aromatic heterocycles. The monoisotopic (exact) mass is 299 g/mol. The van der Waals surface area contributed by atoms with Gasteiger partial charge in [0.2, 0.25) is 0 Å². The number of morpholine rings is 1. The van der Waals surface area contributed by atoms with Crippen LogP contribution in [-0.2, 0) is 4.74 Å². The lowest BCUT2D eigenvalue weighted by Crippen LogP contribution is -2.41. The SMILES string of the molecule is CC1CN(c2cc(Br)ccc2C(C)O)CCO1. The summed E-state index contributed by atoms with van der Waals surface area (Å²) in [6.07, 6.45) is -0.208. The molecule has 0 amide bonds. The van der Waals surface area contributed by atoms with Gasteiger partial charge in [-0.2, -0.15) is 0 Å². The van der Waals surface area contributed by atoms with Crippen LogP contribution in [0.4, 0.5) is 5.69 Å². The summed E-state index contributed by atoms with van der Waals surface area (Å²) in [7, 11) is 0. The van der Waals surface area contributed by atoms with E-state index in [0.717, 1.165) is 35.4 Å². The summed E-state index contributed by atoms with van der Waals surface area (Å²) in [5.74, 6) is 0. The number of aliphatic hydroxyl groups excluding tert-OH is 1. The molecule has 0 aliphatic carbocycles. The lowest BCUT2D eigenvalue weighted by atomic mass is 10.1. The quantitative estimate of drug-likeness (QED) is 0.911. The van der Waals surface area contributed by atoms with Crippen LogP contribution in [0.25, 0.3) is 0 Å². The van der Waals surface area contributed by atoms with Gasteiger partial charge in [-0.25, -0.2) is 0 Å². The van der Waals surface area contributed by atoms with Gasteiger partial charge in [-0.05, 0) is 26.0 Å². The molecular formula is C13H18BrNO2. The van der Waals surface area contributed by atoms with Gasteiger partial charge in [0.25, 0.3) is 0 Å². The van der Waals surface area contributed by atoms with Gasteiger partial charge in [-0.1, -0.05) is 22.0 Å². The zero-order chi connectivity index (χ0) is 12.4. The molecule has 1 aromatic carbocycles. The zero-order valence-electron chi connectivity index (χ0n) is 10.2. The molecule has 1 heterocycles. The second-order valence-corrected chi connectivity index (χ2v) is 5.42. The number of ether oxygens (including phenoxy) is 1. The fourth-order valence-corrected chi connectivity index (χ4v) is 2.53. The normalized spacial score (nSPS) is 22.6. The highest BCUT2D eigenvalue weighted by atomic mass is 79.9. The molecule has 0 radical (unpaired) electrons. The topological polar surface area (TPSA) is 32.7 Å². The molecule has 2 rings (SSSR count). The summed E-state index contributed by atoms with van der Waals surface area (Å²) in [5.41, 5.74) is 2.08. The van der Waals surface area contributed by atoms with Crippen LogP contribution in [0.1, 0.15) is 25.5 Å². The summed E-state index contributed by atoms with van der Waals surface area (Å²) >= 11 is 3.49. The van der Waals surface area contributed by atoms with Gasteiger partial charge < -0.3 is 14.7 Å². The van der Waals surface area contributed by atoms with Crippen molar-refractivity contribution in [3.63, 3.8) is 0 Å². The zero-order valence-corrected chi connectivity index (χ0v) is 11.8. The van der Waals surface area contributed by atoms with Crippen LogP contribution < -0.4 is 4.90 Å². The first kappa shape index (κ1) is 12.9. The van der Waals surface area contributed by atoms with Crippen molar-refractivity contribution in [2.24, 2.45) is 0 Å². The van der Waals surface area contributed by atoms with Crippen LogP contribution in [-0.4, -0.2) is 30.9 Å². The van der Waals surface area contributed by atoms with E-state index in [9.17, 15) is 5.11 Å². The lowest BCUT2D eigenvalue weighted by Gasteiger charge is -2.34. The third-order valence-corrected chi connectivity index (χ3v) is 3.52. The van der Waals surface area contributed by atoms with E-state index in [1.54, 1.807) is 6.92 Å². The number of hydrogen-bond donors (Lipinski definition) is 1. The van der Waals surface area contributed by atoms with E-state index in [0.29, 0.717) is 0 Å². The Morgan fingerprint density at radius 2 is 2.29 bits per heavy atom. The van der Waals surface area contributed by atoms with Crippen molar-refractivity contribution >= 4 is 21.6 Å². The number of hydrogen-bond acceptors (Lipinski definition) is 3. The molecule has 0 saturated carbocycles. The van der Waals surface area contributed by atoms with E-state index >= 15 is 0 Å². The Morgan fingerprint density at radius 1 is 1.53 bits per heavy atom. The summed E-state index contributed by atoms with van der Waals surface area (Å²) in [4.78, 5) is 2.28. The maximum absolute atomic E-state index is 9.82. The standard InChI is InChI=1S/C13H18BrNO2/c1-9-8-15(5-6-17-9)13-7-11(14)3-4-12(13)10(2)16/h3-4,7,9-10,16H,5-6,8H2,1-2H3. The highest BCUT2D eigenvalue weighted by Crippen LogP contribution is 2.30. The molecule has 0 spiro atoms. The molecule has 2 atom stereocenters. The summed E-state index contributed by atoms with van der Waals surface area (Å²) < 4.78 is 6.58. The first-order valence-electron chi connectivity index (χ1n) is 5.92. The second kappa shape index (κ2) is 5.38. The van der Waals surface area contributed by atoms with Crippen molar-refractivity contribution in [2.45, 2.75) is 26.1 Å². The van der Waals surface area contributed by atoms with E-state index < -0.39 is 6.10 Å². The van der Waals surface area contributed by atoms with Crippen LogP contribution >= 0.6 is 15.9 Å². The van der Waals surface area contributed by atoms with Crippen molar-refractivity contribution in [3.8, 4) is 0 Å². The van der Waals surface area contributed by atoms with Gasteiger partial charge in [0.05, 0.1) is 18.8 Å². The molecule has 4 heteroatoms. The minimum absolute atomic E-state index is 0.240. The van der Waals surface area contributed by atoms with Gasteiger partial charge >= 0.3 is 0 Å². The molecule has 1 aromatic rings. The smallest absolute Gasteiger partial charge is 0.0782 e. The van der Waals surface area contributed by atoms with Gasteiger partial charge in [0, 0.05) is 28.8 Å². The van der Waals surface area contributed by atoms with Gasteiger partial charge in [-0.15, -0.1) is 0 Å². The number of aliphatic hydroxyl groups is 1. The highest BCUT2D eigenvalue weighted by molar-refractivity contribution is 9.10. The molecule has 2 unspecified atom stereocenters. The minimum Gasteiger partial charge on any atom is -0.389 e. The van der Waals surface area contributed by atoms with E-state index in [2.05, 4.69) is 33.8 Å². The fraction of sp³-hybridized carbons (Fsp3) is 0.538. The Labute approximate surface area is 111 Å². The van der Waals surface area contributed by atoms with Crippen molar-refractivity contribution in [1.82, 2.24) is 0 Å². The molecule has 1 aliphatic rings. The Morgan fingerprint density at radius 3 is 2.94 bits per heavy atom. The Balaban J connectivity index is 2.32. The molecule has 1 N–H and O–H groups in total. The summed E-state index contributed by atoms with van der Waals surface area (Å²) in [5, 5.41) is 9.82. The molecule has 1 saturated heterocycles. The van der Waals surface area contributed by atoms with Crippen molar-refractivity contribution in [2.75, 3.05) is 24.6 Å². The maximum Gasteiger partial charge on any atom is 0.0782 e. The Bertz CT molecular complexity index is 395. The number of rotatable bonds is 2. The van der Waals surface area contributed by atoms with Crippen LogP contribution in [0.15, 0.2) is 22.7 Å². The number of benzene rings is 1. The van der Waals surface area contributed by atoms with Crippen LogP contribution in [0.2, 0.25) is 0 Å². The predicted octanol–water partition coefficient (Wildman–Crippen LogP) is 2.73. The molecule has 17 heavy (non-hydrogen) atoms. The fourth-order valence-electron chi connectivity index (χ4n) is 2.18. The number of nitrogens with zero attached hydrogens (tertiary/aromatic N) is 1. The van der Waals surface area contributed by atoms with E-state index in [1.807, 2.05) is 12.1 Å². The number of halogens is 1. The average Bonchev–Trinajstić information content (AvgIpc) is 2.28. The third-order valence-electron chi connectivity index (χ3n) is 3.02. The van der Waals surface area contributed by atoms with Crippen LogP contribution in [0.5, 0.6) is 0 Å². The highest BCUT2D eigenvalue weighted by Gasteiger charge is 2.20. The third kappa shape index (κ3) is 3.00. The molecule has 1 aliphatic heterocycles. The maximum atomic E-state index is 9.82. The van der Waals surface area contributed by atoms with Crippen LogP contribution in [0, 0.1) is 0 Å². The van der Waals surface area contributed by atoms with Gasteiger partial charge in [-0.3, -0.25) is 0 Å². The first-order chi connectivity index (χ1) is 8.08. The summed E-state index contributed by atoms with van der Waals surface area (Å²) in [6.45, 7) is 6.37. The summed E-state index contributed by atoms with van der Waals surface area (Å²) in [6, 6.07) is 6.01. The second-order valence-electron chi connectivity index (χ2n) is 4.51. The van der Waals surface area contributed by atoms with Crippen molar-refractivity contribution in [1.29, 1.82) is 0 Å². The Kier molecular flexibility index (Phi) is 4.07. The van der Waals surface area contributed by atoms with E-state index in [4.69, 9.17) is 4.74 Å². The lowest BCUT2D eigenvalue weighted by molar-refractivity contribution is 0.0529. The van der Waals surface area contributed by atoms with Gasteiger partial charge in [0.15, 0.2) is 0 Å². The molecular weight excluding hydrogens is 282 g/mol. The van der Waals surface area contributed by atoms with Crippen LogP contribution in [0.3, 0.4) is 0 Å². The van der Waals surface area contributed by atoms with Crippen molar-refractivity contribution < 1.29 is 9.84 Å². The molecule has 3 nitrogen and oxygen atoms in total.